The topological polar surface area (TPSA) is 42.0 Å². The average Bonchev–Trinajstić information content (AvgIpc) is 2.87. The van der Waals surface area contributed by atoms with Crippen LogP contribution >= 0.6 is 11.3 Å². The zero-order chi connectivity index (χ0) is 13.2. The van der Waals surface area contributed by atoms with Crippen molar-refractivity contribution < 1.29 is 4.79 Å². The molecule has 1 N–H and O–H groups in total. The van der Waals surface area contributed by atoms with E-state index in [1.54, 1.807) is 16.8 Å². The van der Waals surface area contributed by atoms with E-state index in [1.807, 2.05) is 49.4 Å². The van der Waals surface area contributed by atoms with Gasteiger partial charge < -0.3 is 5.32 Å². The summed E-state index contributed by atoms with van der Waals surface area (Å²) in [4.78, 5) is 16.3. The fourth-order valence-electron chi connectivity index (χ4n) is 1.84. The van der Waals surface area contributed by atoms with Crippen LogP contribution in [0.1, 0.15) is 15.9 Å². The molecule has 3 rings (SSSR count). The Labute approximate surface area is 114 Å². The first-order chi connectivity index (χ1) is 9.22. The summed E-state index contributed by atoms with van der Waals surface area (Å²) in [5.74, 6) is -0.0936. The van der Waals surface area contributed by atoms with Crippen LogP contribution in [-0.2, 0) is 0 Å². The van der Waals surface area contributed by atoms with Gasteiger partial charge in [-0.2, -0.15) is 0 Å². The molecule has 0 bridgehead atoms. The van der Waals surface area contributed by atoms with Crippen LogP contribution in [0.3, 0.4) is 0 Å². The van der Waals surface area contributed by atoms with E-state index in [-0.39, 0.29) is 5.91 Å². The number of benzene rings is 2. The molecule has 0 radical (unpaired) electrons. The third-order valence-electron chi connectivity index (χ3n) is 2.90. The minimum atomic E-state index is -0.0936. The third kappa shape index (κ3) is 2.48. The summed E-state index contributed by atoms with van der Waals surface area (Å²) in [5.41, 5.74) is 5.36. The van der Waals surface area contributed by atoms with E-state index in [2.05, 4.69) is 10.3 Å². The predicted octanol–water partition coefficient (Wildman–Crippen LogP) is 3.86. The molecule has 1 amide bonds. The second kappa shape index (κ2) is 4.82. The summed E-state index contributed by atoms with van der Waals surface area (Å²) in [6, 6.07) is 13.2. The first kappa shape index (κ1) is 11.9. The number of hydrogen-bond donors (Lipinski definition) is 1. The molecule has 3 nitrogen and oxygen atoms in total. The van der Waals surface area contributed by atoms with Crippen molar-refractivity contribution in [3.8, 4) is 0 Å². The highest BCUT2D eigenvalue weighted by Gasteiger charge is 2.06. The minimum absolute atomic E-state index is 0.0936. The Morgan fingerprint density at radius 3 is 2.74 bits per heavy atom. The number of nitrogens with one attached hydrogen (secondary N) is 1. The maximum absolute atomic E-state index is 12.1. The number of carbonyl (C=O) groups is 1. The highest BCUT2D eigenvalue weighted by Crippen LogP contribution is 2.22. The molecular formula is C15H12N2OS. The van der Waals surface area contributed by atoms with Gasteiger partial charge in [-0.15, -0.1) is 11.3 Å². The Morgan fingerprint density at radius 2 is 1.95 bits per heavy atom. The zero-order valence-electron chi connectivity index (χ0n) is 10.4. The maximum atomic E-state index is 12.1. The summed E-state index contributed by atoms with van der Waals surface area (Å²) in [6.45, 7) is 2.00. The monoisotopic (exact) mass is 268 g/mol. The minimum Gasteiger partial charge on any atom is -0.322 e. The standard InChI is InChI=1S/C15H12N2OS/c1-10-2-4-11(5-3-10)15(18)17-12-6-7-13-14(8-12)19-9-16-13/h2-9H,1H3,(H,17,18). The summed E-state index contributed by atoms with van der Waals surface area (Å²) < 4.78 is 1.07. The van der Waals surface area contributed by atoms with Gasteiger partial charge in [-0.25, -0.2) is 4.98 Å². The van der Waals surface area contributed by atoms with Crippen molar-refractivity contribution in [3.05, 3.63) is 59.1 Å². The molecule has 4 heteroatoms. The van der Waals surface area contributed by atoms with Crippen molar-refractivity contribution in [1.29, 1.82) is 0 Å². The van der Waals surface area contributed by atoms with Crippen LogP contribution in [0, 0.1) is 6.92 Å². The van der Waals surface area contributed by atoms with E-state index < -0.39 is 0 Å². The summed E-state index contributed by atoms with van der Waals surface area (Å²) in [6.07, 6.45) is 0. The SMILES string of the molecule is Cc1ccc(C(=O)Nc2ccc3ncsc3c2)cc1. The summed E-state index contributed by atoms with van der Waals surface area (Å²) in [7, 11) is 0. The van der Waals surface area contributed by atoms with Crippen LogP contribution in [0.25, 0.3) is 10.2 Å². The number of fused-ring (bicyclic) bond motifs is 1. The number of anilines is 1. The van der Waals surface area contributed by atoms with E-state index in [0.717, 1.165) is 21.5 Å². The van der Waals surface area contributed by atoms with Gasteiger partial charge in [-0.1, -0.05) is 17.7 Å². The molecule has 94 valence electrons. The molecule has 0 saturated carbocycles. The number of amides is 1. The van der Waals surface area contributed by atoms with Crippen LogP contribution in [-0.4, -0.2) is 10.9 Å². The van der Waals surface area contributed by atoms with E-state index in [0.29, 0.717) is 5.56 Å². The third-order valence-corrected chi connectivity index (χ3v) is 3.69. The first-order valence-corrected chi connectivity index (χ1v) is 6.81. The van der Waals surface area contributed by atoms with Crippen molar-refractivity contribution in [2.45, 2.75) is 6.92 Å². The van der Waals surface area contributed by atoms with E-state index in [4.69, 9.17) is 0 Å². The molecular weight excluding hydrogens is 256 g/mol. The lowest BCUT2D eigenvalue weighted by Crippen LogP contribution is -2.11. The molecule has 0 saturated heterocycles. The predicted molar refractivity (Wildman–Crippen MR) is 78.8 cm³/mol. The van der Waals surface area contributed by atoms with Gasteiger partial charge in [-0.3, -0.25) is 4.79 Å². The number of nitrogens with zero attached hydrogens (tertiary/aromatic N) is 1. The van der Waals surface area contributed by atoms with Gasteiger partial charge in [0, 0.05) is 11.3 Å². The smallest absolute Gasteiger partial charge is 0.255 e. The van der Waals surface area contributed by atoms with Gasteiger partial charge >= 0.3 is 0 Å². The number of aromatic nitrogens is 1. The fraction of sp³-hybridized carbons (Fsp3) is 0.0667. The summed E-state index contributed by atoms with van der Waals surface area (Å²) in [5, 5.41) is 2.90. The Kier molecular flexibility index (Phi) is 3.01. The molecule has 1 aromatic heterocycles. The van der Waals surface area contributed by atoms with Gasteiger partial charge in [0.25, 0.3) is 5.91 Å². The van der Waals surface area contributed by atoms with Gasteiger partial charge in [0.2, 0.25) is 0 Å². The highest BCUT2D eigenvalue weighted by atomic mass is 32.1. The van der Waals surface area contributed by atoms with Gasteiger partial charge in [0.1, 0.15) is 0 Å². The number of thiazole rings is 1. The maximum Gasteiger partial charge on any atom is 0.255 e. The molecule has 0 spiro atoms. The Bertz CT molecular complexity index is 731. The second-order valence-corrected chi connectivity index (χ2v) is 5.24. The first-order valence-electron chi connectivity index (χ1n) is 5.94. The lowest BCUT2D eigenvalue weighted by atomic mass is 10.1. The number of hydrogen-bond acceptors (Lipinski definition) is 3. The van der Waals surface area contributed by atoms with Gasteiger partial charge in [0.15, 0.2) is 0 Å². The number of aryl methyl sites for hydroxylation is 1. The quantitative estimate of drug-likeness (QED) is 0.767. The van der Waals surface area contributed by atoms with E-state index in [1.165, 1.54) is 0 Å². The van der Waals surface area contributed by atoms with Crippen LogP contribution in [0.15, 0.2) is 48.0 Å². The lowest BCUT2D eigenvalue weighted by Gasteiger charge is -2.05. The van der Waals surface area contributed by atoms with Crippen molar-refractivity contribution in [2.24, 2.45) is 0 Å². The molecule has 0 aliphatic carbocycles. The van der Waals surface area contributed by atoms with Crippen LogP contribution in [0.5, 0.6) is 0 Å². The van der Waals surface area contributed by atoms with Crippen LogP contribution in [0.4, 0.5) is 5.69 Å². The molecule has 3 aromatic rings. The number of rotatable bonds is 2. The second-order valence-electron chi connectivity index (χ2n) is 4.36. The summed E-state index contributed by atoms with van der Waals surface area (Å²) >= 11 is 1.56. The largest absolute Gasteiger partial charge is 0.322 e. The molecule has 0 fully saturated rings. The molecule has 0 unspecified atom stereocenters. The van der Waals surface area contributed by atoms with Crippen molar-refractivity contribution >= 4 is 33.1 Å². The Hall–Kier alpha value is -2.20. The van der Waals surface area contributed by atoms with Crippen LogP contribution in [0.2, 0.25) is 0 Å². The fourth-order valence-corrected chi connectivity index (χ4v) is 2.56. The van der Waals surface area contributed by atoms with Gasteiger partial charge in [0.05, 0.1) is 15.7 Å². The zero-order valence-corrected chi connectivity index (χ0v) is 11.2. The lowest BCUT2D eigenvalue weighted by molar-refractivity contribution is 0.102. The average molecular weight is 268 g/mol. The molecule has 0 aliphatic heterocycles. The van der Waals surface area contributed by atoms with Crippen molar-refractivity contribution in [1.82, 2.24) is 4.98 Å². The Balaban J connectivity index is 1.83. The highest BCUT2D eigenvalue weighted by molar-refractivity contribution is 7.16. The molecule has 1 heterocycles. The molecule has 2 aromatic carbocycles. The number of carbonyl (C=O) groups excluding carboxylic acids is 1. The van der Waals surface area contributed by atoms with Gasteiger partial charge in [-0.05, 0) is 37.3 Å². The molecule has 19 heavy (non-hydrogen) atoms. The molecule has 0 atom stereocenters. The van der Waals surface area contributed by atoms with Crippen molar-refractivity contribution in [3.63, 3.8) is 0 Å². The normalized spacial score (nSPS) is 10.6. The Morgan fingerprint density at radius 1 is 1.16 bits per heavy atom. The molecule has 0 aliphatic rings. The van der Waals surface area contributed by atoms with E-state index >= 15 is 0 Å². The van der Waals surface area contributed by atoms with E-state index in [9.17, 15) is 4.79 Å². The van der Waals surface area contributed by atoms with Crippen LogP contribution < -0.4 is 5.32 Å². The van der Waals surface area contributed by atoms with Crippen molar-refractivity contribution in [2.75, 3.05) is 5.32 Å².